The lowest BCUT2D eigenvalue weighted by Gasteiger charge is -2.32. The zero-order valence-corrected chi connectivity index (χ0v) is 13.7. The number of benzene rings is 2. The van der Waals surface area contributed by atoms with E-state index in [0.29, 0.717) is 5.69 Å². The zero-order valence-electron chi connectivity index (χ0n) is 13.7. The van der Waals surface area contributed by atoms with Crippen LogP contribution in [0.5, 0.6) is 0 Å². The maximum absolute atomic E-state index is 12.9. The van der Waals surface area contributed by atoms with Gasteiger partial charge in [-0.05, 0) is 36.6 Å². The predicted octanol–water partition coefficient (Wildman–Crippen LogP) is 2.69. The van der Waals surface area contributed by atoms with Crippen molar-refractivity contribution in [3.63, 3.8) is 0 Å². The van der Waals surface area contributed by atoms with E-state index in [2.05, 4.69) is 23.1 Å². The molecule has 4 nitrogen and oxygen atoms in total. The fourth-order valence-electron chi connectivity index (χ4n) is 3.65. The molecule has 2 heterocycles. The van der Waals surface area contributed by atoms with Gasteiger partial charge in [0.15, 0.2) is 0 Å². The number of amides is 2. The SMILES string of the molecule is Cc1ccc(N2C(=O)C[C@@H](N3CCc4ccccc4C3)C2=O)cc1. The first-order valence-electron chi connectivity index (χ1n) is 8.38. The molecule has 24 heavy (non-hydrogen) atoms. The van der Waals surface area contributed by atoms with Gasteiger partial charge in [0.1, 0.15) is 0 Å². The first kappa shape index (κ1) is 15.1. The predicted molar refractivity (Wildman–Crippen MR) is 92.6 cm³/mol. The number of carbonyl (C=O) groups excluding carboxylic acids is 2. The summed E-state index contributed by atoms with van der Waals surface area (Å²) in [4.78, 5) is 28.8. The van der Waals surface area contributed by atoms with Crippen molar-refractivity contribution in [1.29, 1.82) is 0 Å². The molecule has 0 saturated carbocycles. The molecule has 2 aromatic carbocycles. The Labute approximate surface area is 141 Å². The van der Waals surface area contributed by atoms with Crippen LogP contribution in [0.1, 0.15) is 23.1 Å². The topological polar surface area (TPSA) is 40.6 Å². The van der Waals surface area contributed by atoms with Crippen LogP contribution in [0, 0.1) is 6.92 Å². The summed E-state index contributed by atoms with van der Waals surface area (Å²) in [6.07, 6.45) is 1.20. The highest BCUT2D eigenvalue weighted by atomic mass is 16.2. The first-order chi connectivity index (χ1) is 11.6. The van der Waals surface area contributed by atoms with Crippen LogP contribution in [-0.2, 0) is 22.6 Å². The Bertz CT molecular complexity index is 798. The summed E-state index contributed by atoms with van der Waals surface area (Å²) >= 11 is 0. The van der Waals surface area contributed by atoms with Gasteiger partial charge in [-0.15, -0.1) is 0 Å². The Hall–Kier alpha value is -2.46. The summed E-state index contributed by atoms with van der Waals surface area (Å²) in [7, 11) is 0. The minimum atomic E-state index is -0.341. The second-order valence-corrected chi connectivity index (χ2v) is 6.61. The average molecular weight is 320 g/mol. The molecule has 2 aliphatic heterocycles. The molecule has 1 atom stereocenters. The highest BCUT2D eigenvalue weighted by molar-refractivity contribution is 6.22. The fraction of sp³-hybridized carbons (Fsp3) is 0.300. The molecule has 0 aromatic heterocycles. The van der Waals surface area contributed by atoms with Crippen LogP contribution in [0.15, 0.2) is 48.5 Å². The Balaban J connectivity index is 1.57. The van der Waals surface area contributed by atoms with Gasteiger partial charge in [-0.1, -0.05) is 42.0 Å². The summed E-state index contributed by atoms with van der Waals surface area (Å²) in [5.74, 6) is -0.198. The number of imide groups is 1. The van der Waals surface area contributed by atoms with Crippen molar-refractivity contribution >= 4 is 17.5 Å². The number of carbonyl (C=O) groups is 2. The number of aryl methyl sites for hydroxylation is 1. The number of rotatable bonds is 2. The van der Waals surface area contributed by atoms with Gasteiger partial charge in [-0.3, -0.25) is 14.5 Å². The molecule has 0 unspecified atom stereocenters. The standard InChI is InChI=1S/C20H20N2O2/c1-14-6-8-17(9-7-14)22-19(23)12-18(20(22)24)21-11-10-15-4-2-3-5-16(15)13-21/h2-9,18H,10-13H2,1H3/t18-/m1/s1. The maximum atomic E-state index is 12.9. The summed E-state index contributed by atoms with van der Waals surface area (Å²) in [6.45, 7) is 3.55. The van der Waals surface area contributed by atoms with Crippen molar-refractivity contribution in [3.05, 3.63) is 65.2 Å². The van der Waals surface area contributed by atoms with Gasteiger partial charge in [0, 0.05) is 13.1 Å². The fourth-order valence-corrected chi connectivity index (χ4v) is 3.65. The third-order valence-electron chi connectivity index (χ3n) is 5.02. The minimum absolute atomic E-state index is 0.0942. The van der Waals surface area contributed by atoms with Crippen LogP contribution in [0.2, 0.25) is 0 Å². The maximum Gasteiger partial charge on any atom is 0.251 e. The van der Waals surface area contributed by atoms with Gasteiger partial charge < -0.3 is 0 Å². The van der Waals surface area contributed by atoms with E-state index in [4.69, 9.17) is 0 Å². The highest BCUT2D eigenvalue weighted by Crippen LogP contribution is 2.29. The Morgan fingerprint density at radius 3 is 2.42 bits per heavy atom. The lowest BCUT2D eigenvalue weighted by atomic mass is 9.98. The highest BCUT2D eigenvalue weighted by Gasteiger charge is 2.43. The van der Waals surface area contributed by atoms with E-state index in [1.807, 2.05) is 37.3 Å². The van der Waals surface area contributed by atoms with E-state index in [9.17, 15) is 9.59 Å². The molecule has 122 valence electrons. The number of anilines is 1. The monoisotopic (exact) mass is 320 g/mol. The van der Waals surface area contributed by atoms with E-state index < -0.39 is 0 Å². The molecular weight excluding hydrogens is 300 g/mol. The largest absolute Gasteiger partial charge is 0.287 e. The van der Waals surface area contributed by atoms with Crippen LogP contribution in [0.25, 0.3) is 0 Å². The second kappa shape index (κ2) is 5.87. The quantitative estimate of drug-likeness (QED) is 0.799. The molecule has 0 aliphatic carbocycles. The average Bonchev–Trinajstić information content (AvgIpc) is 2.90. The molecule has 2 amide bonds. The van der Waals surface area contributed by atoms with Crippen molar-refractivity contribution in [1.82, 2.24) is 4.90 Å². The number of hydrogen-bond acceptors (Lipinski definition) is 3. The van der Waals surface area contributed by atoms with Crippen molar-refractivity contribution in [2.45, 2.75) is 32.4 Å². The summed E-state index contributed by atoms with van der Waals surface area (Å²) in [5.41, 5.74) is 4.40. The molecule has 0 bridgehead atoms. The van der Waals surface area contributed by atoms with Crippen LogP contribution >= 0.6 is 0 Å². The Kier molecular flexibility index (Phi) is 3.69. The molecule has 0 N–H and O–H groups in total. The second-order valence-electron chi connectivity index (χ2n) is 6.61. The summed E-state index contributed by atoms with van der Waals surface area (Å²) < 4.78 is 0. The van der Waals surface area contributed by atoms with E-state index in [1.54, 1.807) is 0 Å². The van der Waals surface area contributed by atoms with Crippen molar-refractivity contribution in [2.75, 3.05) is 11.4 Å². The third-order valence-corrected chi connectivity index (χ3v) is 5.02. The van der Waals surface area contributed by atoms with E-state index in [-0.39, 0.29) is 24.3 Å². The summed E-state index contributed by atoms with van der Waals surface area (Å²) in [6, 6.07) is 15.6. The van der Waals surface area contributed by atoms with Gasteiger partial charge in [0.25, 0.3) is 5.91 Å². The van der Waals surface area contributed by atoms with Crippen molar-refractivity contribution in [3.8, 4) is 0 Å². The van der Waals surface area contributed by atoms with Crippen molar-refractivity contribution < 1.29 is 9.59 Å². The van der Waals surface area contributed by atoms with E-state index in [1.165, 1.54) is 16.0 Å². The number of hydrogen-bond donors (Lipinski definition) is 0. The zero-order chi connectivity index (χ0) is 16.7. The van der Waals surface area contributed by atoms with Gasteiger partial charge >= 0.3 is 0 Å². The molecule has 2 aromatic rings. The van der Waals surface area contributed by atoms with Gasteiger partial charge in [0.05, 0.1) is 18.2 Å². The van der Waals surface area contributed by atoms with Crippen LogP contribution in [0.3, 0.4) is 0 Å². The molecule has 0 spiro atoms. The van der Waals surface area contributed by atoms with Gasteiger partial charge in [-0.2, -0.15) is 0 Å². The van der Waals surface area contributed by atoms with Crippen LogP contribution < -0.4 is 4.90 Å². The van der Waals surface area contributed by atoms with Crippen LogP contribution in [0.4, 0.5) is 5.69 Å². The van der Waals surface area contributed by atoms with E-state index in [0.717, 1.165) is 25.1 Å². The molecule has 4 rings (SSSR count). The lowest BCUT2D eigenvalue weighted by molar-refractivity contribution is -0.123. The first-order valence-corrected chi connectivity index (χ1v) is 8.38. The summed E-state index contributed by atoms with van der Waals surface area (Å²) in [5, 5.41) is 0. The number of fused-ring (bicyclic) bond motifs is 1. The molecule has 0 radical (unpaired) electrons. The Morgan fingerprint density at radius 2 is 1.67 bits per heavy atom. The normalized spacial score (nSPS) is 21.2. The van der Waals surface area contributed by atoms with Gasteiger partial charge in [-0.25, -0.2) is 4.90 Å². The third kappa shape index (κ3) is 2.53. The molecule has 1 fully saturated rings. The molecule has 2 aliphatic rings. The Morgan fingerprint density at radius 1 is 0.958 bits per heavy atom. The smallest absolute Gasteiger partial charge is 0.251 e. The minimum Gasteiger partial charge on any atom is -0.287 e. The number of nitrogens with zero attached hydrogens (tertiary/aromatic N) is 2. The van der Waals surface area contributed by atoms with Crippen LogP contribution in [-0.4, -0.2) is 29.3 Å². The molecule has 1 saturated heterocycles. The van der Waals surface area contributed by atoms with Gasteiger partial charge in [0.2, 0.25) is 5.91 Å². The molecular formula is C20H20N2O2. The molecule has 4 heteroatoms. The van der Waals surface area contributed by atoms with E-state index >= 15 is 0 Å². The van der Waals surface area contributed by atoms with Crippen molar-refractivity contribution in [2.24, 2.45) is 0 Å². The lowest BCUT2D eigenvalue weighted by Crippen LogP contribution is -2.44.